The van der Waals surface area contributed by atoms with Gasteiger partial charge in [0, 0.05) is 49.7 Å². The lowest BCUT2D eigenvalue weighted by Gasteiger charge is -2.27. The van der Waals surface area contributed by atoms with Gasteiger partial charge in [0.1, 0.15) is 12.0 Å². The number of thiophene rings is 1. The second-order valence-corrected chi connectivity index (χ2v) is 14.1. The average molecular weight is 676 g/mol. The monoisotopic (exact) mass is 675 g/mol. The number of rotatable bonds is 3. The second-order valence-electron chi connectivity index (χ2n) is 13.0. The van der Waals surface area contributed by atoms with Crippen molar-refractivity contribution in [3.63, 3.8) is 0 Å². The fourth-order valence-corrected chi connectivity index (χ4v) is 9.01. The van der Waals surface area contributed by atoms with Gasteiger partial charge in [-0.2, -0.15) is 0 Å². The molecule has 0 N–H and O–H groups in total. The van der Waals surface area contributed by atoms with E-state index in [1.54, 1.807) is 17.4 Å². The number of pyridine rings is 1. The fourth-order valence-electron chi connectivity index (χ4n) is 7.96. The number of aromatic nitrogens is 3. The maximum atomic E-state index is 4.86. The molecule has 1 unspecified atom stereocenters. The van der Waals surface area contributed by atoms with Crippen LogP contribution in [0.3, 0.4) is 0 Å². The van der Waals surface area contributed by atoms with Gasteiger partial charge in [0.25, 0.3) is 0 Å². The first-order valence-electron chi connectivity index (χ1n) is 17.3. The van der Waals surface area contributed by atoms with E-state index in [2.05, 4.69) is 154 Å². The van der Waals surface area contributed by atoms with Crippen molar-refractivity contribution in [3.05, 3.63) is 159 Å². The van der Waals surface area contributed by atoms with E-state index in [-0.39, 0.29) is 6.17 Å². The summed E-state index contributed by atoms with van der Waals surface area (Å²) in [6.45, 7) is 5.98. The maximum absolute atomic E-state index is 4.86. The number of nitrogens with zero attached hydrogens (tertiary/aromatic N) is 5. The Kier molecular flexibility index (Phi) is 6.79. The first kappa shape index (κ1) is 29.7. The SMILES string of the molecule is C1=CC2=NCC(n3c4ccccc4c4cc(-c5ccc6c(c5)c5ccccc5n6-c5ccc6sc7cccnc7c6c5)ccc43)N2C=C1.C=CC. The molecule has 5 aromatic carbocycles. The van der Waals surface area contributed by atoms with Crippen LogP contribution in [0, 0.1) is 0 Å². The highest BCUT2D eigenvalue weighted by molar-refractivity contribution is 7.25. The van der Waals surface area contributed by atoms with Gasteiger partial charge in [-0.1, -0.05) is 60.7 Å². The minimum atomic E-state index is 0.110. The molecule has 2 aliphatic heterocycles. The van der Waals surface area contributed by atoms with Gasteiger partial charge in [0.2, 0.25) is 0 Å². The third-order valence-electron chi connectivity index (χ3n) is 10.1. The molecule has 244 valence electrons. The largest absolute Gasteiger partial charge is 0.317 e. The van der Waals surface area contributed by atoms with E-state index in [9.17, 15) is 0 Å². The molecule has 0 aliphatic carbocycles. The molecule has 2 aliphatic rings. The Morgan fingerprint density at radius 1 is 0.686 bits per heavy atom. The number of hydrogen-bond acceptors (Lipinski definition) is 4. The van der Waals surface area contributed by atoms with Crippen LogP contribution < -0.4 is 0 Å². The smallest absolute Gasteiger partial charge is 0.131 e. The summed E-state index contributed by atoms with van der Waals surface area (Å²) >= 11 is 1.80. The lowest BCUT2D eigenvalue weighted by molar-refractivity contribution is 0.357. The van der Waals surface area contributed by atoms with Gasteiger partial charge >= 0.3 is 0 Å². The summed E-state index contributed by atoms with van der Waals surface area (Å²) in [5.74, 6) is 1.03. The number of allylic oxidation sites excluding steroid dienone is 3. The van der Waals surface area contributed by atoms with Gasteiger partial charge < -0.3 is 14.0 Å². The van der Waals surface area contributed by atoms with Crippen LogP contribution in [0.4, 0.5) is 0 Å². The van der Waals surface area contributed by atoms with Gasteiger partial charge in [-0.3, -0.25) is 9.98 Å². The van der Waals surface area contributed by atoms with Crippen molar-refractivity contribution >= 4 is 81.1 Å². The first-order chi connectivity index (χ1) is 25.2. The molecule has 6 heteroatoms. The topological polar surface area (TPSA) is 38.4 Å². The number of fused-ring (bicyclic) bond motifs is 10. The summed E-state index contributed by atoms with van der Waals surface area (Å²) in [4.78, 5) is 11.9. The van der Waals surface area contributed by atoms with E-state index in [0.717, 1.165) is 23.6 Å². The molecule has 0 radical (unpaired) electrons. The molecule has 0 saturated carbocycles. The standard InChI is InChI=1S/C42H27N5S.C3H6/c1-3-10-34-29(8-1)31-22-26(14-17-36(31)46(34)28-16-19-38-33(24-28)42-39(48-38)12-7-20-43-42)27-15-18-37-32(23-27)30-9-2-4-11-35(30)47(37)41-25-44-40-13-5-6-21-45(40)41;1-3-2/h1-24,41H,25H2;3H,1H2,2H3. The van der Waals surface area contributed by atoms with E-state index in [1.165, 1.54) is 69.5 Å². The van der Waals surface area contributed by atoms with Gasteiger partial charge in [-0.15, -0.1) is 17.9 Å². The molecule has 5 nitrogen and oxygen atoms in total. The summed E-state index contributed by atoms with van der Waals surface area (Å²) in [7, 11) is 0. The van der Waals surface area contributed by atoms with Gasteiger partial charge in [-0.25, -0.2) is 0 Å². The summed E-state index contributed by atoms with van der Waals surface area (Å²) < 4.78 is 7.35. The van der Waals surface area contributed by atoms with Crippen LogP contribution in [-0.4, -0.2) is 31.4 Å². The Labute approximate surface area is 299 Å². The molecular formula is C45H33N5S. The number of aliphatic imine (C=N–C) groups is 1. The van der Waals surface area contributed by atoms with Crippen LogP contribution in [0.5, 0.6) is 0 Å². The normalized spacial score (nSPS) is 15.3. The molecule has 0 saturated heterocycles. The Morgan fingerprint density at radius 2 is 1.37 bits per heavy atom. The van der Waals surface area contributed by atoms with Crippen molar-refractivity contribution in [3.8, 4) is 16.8 Å². The van der Waals surface area contributed by atoms with Crippen molar-refractivity contribution < 1.29 is 0 Å². The molecular weight excluding hydrogens is 643 g/mol. The highest BCUT2D eigenvalue weighted by Gasteiger charge is 2.29. The number of hydrogen-bond donors (Lipinski definition) is 0. The van der Waals surface area contributed by atoms with Crippen LogP contribution in [0.25, 0.3) is 80.7 Å². The van der Waals surface area contributed by atoms with Gasteiger partial charge in [-0.05, 0) is 96.9 Å². The Hall–Kier alpha value is -6.24. The molecule has 51 heavy (non-hydrogen) atoms. The number of benzene rings is 5. The van der Waals surface area contributed by atoms with E-state index < -0.39 is 0 Å². The Morgan fingerprint density at radius 3 is 2.20 bits per heavy atom. The predicted octanol–water partition coefficient (Wildman–Crippen LogP) is 11.8. The summed E-state index contributed by atoms with van der Waals surface area (Å²) in [6, 6.07) is 42.4. The molecule has 0 bridgehead atoms. The van der Waals surface area contributed by atoms with Crippen LogP contribution in [0.15, 0.2) is 164 Å². The lowest BCUT2D eigenvalue weighted by atomic mass is 10.0. The average Bonchev–Trinajstić information content (AvgIpc) is 3.94. The van der Waals surface area contributed by atoms with Crippen molar-refractivity contribution in [2.75, 3.05) is 6.54 Å². The predicted molar refractivity (Wildman–Crippen MR) is 217 cm³/mol. The van der Waals surface area contributed by atoms with Crippen molar-refractivity contribution in [1.82, 2.24) is 19.0 Å². The van der Waals surface area contributed by atoms with Crippen LogP contribution >= 0.6 is 11.3 Å². The molecule has 0 amide bonds. The summed E-state index contributed by atoms with van der Waals surface area (Å²) in [5, 5.41) is 6.24. The molecule has 11 rings (SSSR count). The maximum Gasteiger partial charge on any atom is 0.131 e. The molecule has 4 aromatic heterocycles. The molecule has 0 fully saturated rings. The first-order valence-corrected chi connectivity index (χ1v) is 18.1. The van der Waals surface area contributed by atoms with E-state index >= 15 is 0 Å². The van der Waals surface area contributed by atoms with Crippen molar-refractivity contribution in [2.24, 2.45) is 4.99 Å². The second kappa shape index (κ2) is 11.7. The summed E-state index contributed by atoms with van der Waals surface area (Å²) in [6.07, 6.45) is 12.1. The molecule has 6 heterocycles. The minimum absolute atomic E-state index is 0.110. The summed E-state index contributed by atoms with van der Waals surface area (Å²) in [5.41, 5.74) is 9.52. The van der Waals surface area contributed by atoms with E-state index in [4.69, 9.17) is 9.98 Å². The minimum Gasteiger partial charge on any atom is -0.317 e. The van der Waals surface area contributed by atoms with Crippen molar-refractivity contribution in [1.29, 1.82) is 0 Å². The number of amidine groups is 1. The zero-order valence-corrected chi connectivity index (χ0v) is 28.9. The van der Waals surface area contributed by atoms with Crippen LogP contribution in [0.2, 0.25) is 0 Å². The van der Waals surface area contributed by atoms with Gasteiger partial charge in [0.05, 0.1) is 38.8 Å². The van der Waals surface area contributed by atoms with Crippen LogP contribution in [0.1, 0.15) is 13.1 Å². The van der Waals surface area contributed by atoms with Crippen LogP contribution in [-0.2, 0) is 0 Å². The Bertz CT molecular complexity index is 2950. The highest BCUT2D eigenvalue weighted by atomic mass is 32.1. The third-order valence-corrected chi connectivity index (χ3v) is 11.2. The molecule has 0 spiro atoms. The zero-order valence-electron chi connectivity index (χ0n) is 28.1. The van der Waals surface area contributed by atoms with E-state index in [1.807, 2.05) is 19.2 Å². The number of para-hydroxylation sites is 2. The third kappa shape index (κ3) is 4.53. The van der Waals surface area contributed by atoms with E-state index in [0.29, 0.717) is 0 Å². The zero-order chi connectivity index (χ0) is 34.1. The van der Waals surface area contributed by atoms with Crippen molar-refractivity contribution in [2.45, 2.75) is 13.1 Å². The van der Waals surface area contributed by atoms with Gasteiger partial charge in [0.15, 0.2) is 0 Å². The quantitative estimate of drug-likeness (QED) is 0.175. The fraction of sp³-hybridized carbons (Fsp3) is 0.0667. The Balaban J connectivity index is 0.00000106. The molecule has 9 aromatic rings. The molecule has 1 atom stereocenters. The lowest BCUT2D eigenvalue weighted by Crippen LogP contribution is -2.29. The highest BCUT2D eigenvalue weighted by Crippen LogP contribution is 2.41.